The Bertz CT molecular complexity index is 362. The Balaban J connectivity index is 2.89. The molecule has 0 aliphatic rings. The first-order valence-corrected chi connectivity index (χ1v) is 3.86. The number of esters is 1. The molecule has 0 saturated carbocycles. The molecular weight excluding hydrogens is 186 g/mol. The van der Waals surface area contributed by atoms with Gasteiger partial charge in [0.1, 0.15) is 11.5 Å². The molecule has 0 saturated heterocycles. The molecule has 1 rings (SSSR count). The van der Waals surface area contributed by atoms with Crippen LogP contribution < -0.4 is 10.5 Å². The Labute approximate surface area is 80.1 Å². The zero-order valence-electron chi connectivity index (χ0n) is 7.27. The SMILES string of the molecule is NCC(=O)Oc1ccc(O)c(C=O)c1. The topological polar surface area (TPSA) is 89.6 Å². The van der Waals surface area contributed by atoms with Crippen LogP contribution >= 0.6 is 0 Å². The van der Waals surface area contributed by atoms with Crippen molar-refractivity contribution in [3.05, 3.63) is 23.8 Å². The summed E-state index contributed by atoms with van der Waals surface area (Å²) >= 11 is 0. The number of benzene rings is 1. The highest BCUT2D eigenvalue weighted by atomic mass is 16.5. The summed E-state index contributed by atoms with van der Waals surface area (Å²) in [6, 6.07) is 3.90. The Hall–Kier alpha value is -1.88. The molecule has 3 N–H and O–H groups in total. The highest BCUT2D eigenvalue weighted by molar-refractivity contribution is 5.81. The molecule has 0 fully saturated rings. The summed E-state index contributed by atoms with van der Waals surface area (Å²) in [5.41, 5.74) is 5.09. The van der Waals surface area contributed by atoms with E-state index < -0.39 is 5.97 Å². The van der Waals surface area contributed by atoms with E-state index in [0.29, 0.717) is 6.29 Å². The molecule has 0 heterocycles. The van der Waals surface area contributed by atoms with E-state index in [-0.39, 0.29) is 23.6 Å². The van der Waals surface area contributed by atoms with Crippen LogP contribution in [0.15, 0.2) is 18.2 Å². The molecule has 5 heteroatoms. The van der Waals surface area contributed by atoms with Gasteiger partial charge >= 0.3 is 5.97 Å². The quantitative estimate of drug-likeness (QED) is 0.404. The number of phenols is 1. The molecule has 0 aliphatic carbocycles. The lowest BCUT2D eigenvalue weighted by atomic mass is 10.2. The number of carbonyl (C=O) groups is 2. The maximum atomic E-state index is 10.8. The number of ether oxygens (including phenoxy) is 1. The zero-order chi connectivity index (χ0) is 10.6. The summed E-state index contributed by atoms with van der Waals surface area (Å²) in [6.07, 6.45) is 0.467. The standard InChI is InChI=1S/C9H9NO4/c10-4-9(13)14-7-1-2-8(12)6(3-7)5-11/h1-3,5,12H,4,10H2. The average Bonchev–Trinajstić information content (AvgIpc) is 2.20. The molecular formula is C9H9NO4. The van der Waals surface area contributed by atoms with Crippen LogP contribution in [0, 0.1) is 0 Å². The molecule has 5 nitrogen and oxygen atoms in total. The molecule has 14 heavy (non-hydrogen) atoms. The van der Waals surface area contributed by atoms with E-state index in [0.717, 1.165) is 0 Å². The molecule has 0 spiro atoms. The maximum Gasteiger partial charge on any atom is 0.325 e. The van der Waals surface area contributed by atoms with Crippen molar-refractivity contribution in [3.8, 4) is 11.5 Å². The van der Waals surface area contributed by atoms with E-state index >= 15 is 0 Å². The van der Waals surface area contributed by atoms with E-state index in [2.05, 4.69) is 0 Å². The monoisotopic (exact) mass is 195 g/mol. The lowest BCUT2D eigenvalue weighted by molar-refractivity contribution is -0.132. The minimum atomic E-state index is -0.604. The second kappa shape index (κ2) is 4.38. The number of hydrogen-bond donors (Lipinski definition) is 2. The molecule has 0 radical (unpaired) electrons. The molecule has 0 amide bonds. The Morgan fingerprint density at radius 1 is 1.57 bits per heavy atom. The number of carbonyl (C=O) groups excluding carboxylic acids is 2. The van der Waals surface area contributed by atoms with Crippen LogP contribution in [0.25, 0.3) is 0 Å². The van der Waals surface area contributed by atoms with Gasteiger partial charge in [-0.25, -0.2) is 0 Å². The highest BCUT2D eigenvalue weighted by Gasteiger charge is 2.05. The van der Waals surface area contributed by atoms with Gasteiger partial charge in [0.25, 0.3) is 0 Å². The molecule has 0 atom stereocenters. The number of phenolic OH excluding ortho intramolecular Hbond substituents is 1. The largest absolute Gasteiger partial charge is 0.507 e. The van der Waals surface area contributed by atoms with Gasteiger partial charge in [-0.15, -0.1) is 0 Å². The Kier molecular flexibility index (Phi) is 3.19. The summed E-state index contributed by atoms with van der Waals surface area (Å²) < 4.78 is 4.73. The van der Waals surface area contributed by atoms with Crippen LogP contribution in [0.1, 0.15) is 10.4 Å². The molecule has 0 aromatic heterocycles. The fraction of sp³-hybridized carbons (Fsp3) is 0.111. The summed E-state index contributed by atoms with van der Waals surface area (Å²) in [6.45, 7) is -0.239. The predicted molar refractivity (Wildman–Crippen MR) is 48.2 cm³/mol. The summed E-state index contributed by atoms with van der Waals surface area (Å²) in [5, 5.41) is 9.13. The first kappa shape index (κ1) is 10.2. The van der Waals surface area contributed by atoms with Gasteiger partial charge in [0.05, 0.1) is 12.1 Å². The minimum Gasteiger partial charge on any atom is -0.507 e. The van der Waals surface area contributed by atoms with Crippen LogP contribution in [0.2, 0.25) is 0 Å². The van der Waals surface area contributed by atoms with E-state index in [1.165, 1.54) is 18.2 Å². The summed E-state index contributed by atoms with van der Waals surface area (Å²) in [4.78, 5) is 21.2. The van der Waals surface area contributed by atoms with Crippen LogP contribution in [0.3, 0.4) is 0 Å². The Morgan fingerprint density at radius 3 is 2.86 bits per heavy atom. The zero-order valence-corrected chi connectivity index (χ0v) is 7.27. The molecule has 0 aliphatic heterocycles. The maximum absolute atomic E-state index is 10.8. The predicted octanol–water partition coefficient (Wildman–Crippen LogP) is 0.0688. The number of hydrogen-bond acceptors (Lipinski definition) is 5. The van der Waals surface area contributed by atoms with E-state index in [9.17, 15) is 9.59 Å². The average molecular weight is 195 g/mol. The van der Waals surface area contributed by atoms with Crippen LogP contribution in [-0.4, -0.2) is 23.9 Å². The number of rotatable bonds is 3. The second-order valence-electron chi connectivity index (χ2n) is 2.52. The second-order valence-corrected chi connectivity index (χ2v) is 2.52. The van der Waals surface area contributed by atoms with E-state index in [4.69, 9.17) is 15.6 Å². The van der Waals surface area contributed by atoms with Crippen molar-refractivity contribution < 1.29 is 19.4 Å². The van der Waals surface area contributed by atoms with Crippen LogP contribution in [0.4, 0.5) is 0 Å². The van der Waals surface area contributed by atoms with Crippen LogP contribution in [-0.2, 0) is 4.79 Å². The first-order chi connectivity index (χ1) is 6.67. The highest BCUT2D eigenvalue weighted by Crippen LogP contribution is 2.21. The van der Waals surface area contributed by atoms with Gasteiger partial charge in [0.15, 0.2) is 6.29 Å². The molecule has 74 valence electrons. The van der Waals surface area contributed by atoms with E-state index in [1.54, 1.807) is 0 Å². The number of aromatic hydroxyl groups is 1. The third kappa shape index (κ3) is 2.30. The van der Waals surface area contributed by atoms with Crippen molar-refractivity contribution in [1.82, 2.24) is 0 Å². The number of aldehydes is 1. The van der Waals surface area contributed by atoms with Gasteiger partial charge in [0, 0.05) is 0 Å². The number of nitrogens with two attached hydrogens (primary N) is 1. The third-order valence-corrected chi connectivity index (χ3v) is 1.52. The van der Waals surface area contributed by atoms with Crippen molar-refractivity contribution in [2.24, 2.45) is 5.73 Å². The van der Waals surface area contributed by atoms with Gasteiger partial charge in [0.2, 0.25) is 0 Å². The van der Waals surface area contributed by atoms with Crippen LogP contribution in [0.5, 0.6) is 11.5 Å². The summed E-state index contributed by atoms with van der Waals surface area (Å²) in [7, 11) is 0. The van der Waals surface area contributed by atoms with Crippen molar-refractivity contribution in [1.29, 1.82) is 0 Å². The normalized spacial score (nSPS) is 9.50. The minimum absolute atomic E-state index is 0.0623. The van der Waals surface area contributed by atoms with Crippen molar-refractivity contribution in [3.63, 3.8) is 0 Å². The fourth-order valence-electron chi connectivity index (χ4n) is 0.864. The third-order valence-electron chi connectivity index (χ3n) is 1.52. The van der Waals surface area contributed by atoms with Gasteiger partial charge in [-0.3, -0.25) is 9.59 Å². The van der Waals surface area contributed by atoms with Crippen molar-refractivity contribution >= 4 is 12.3 Å². The molecule has 0 unspecified atom stereocenters. The lowest BCUT2D eigenvalue weighted by Gasteiger charge is -2.03. The van der Waals surface area contributed by atoms with Gasteiger partial charge in [-0.1, -0.05) is 0 Å². The van der Waals surface area contributed by atoms with E-state index in [1.807, 2.05) is 0 Å². The molecule has 1 aromatic carbocycles. The van der Waals surface area contributed by atoms with Crippen molar-refractivity contribution in [2.45, 2.75) is 0 Å². The molecule has 1 aromatic rings. The molecule has 0 bridgehead atoms. The van der Waals surface area contributed by atoms with Gasteiger partial charge < -0.3 is 15.6 Å². The van der Waals surface area contributed by atoms with Gasteiger partial charge in [-0.2, -0.15) is 0 Å². The lowest BCUT2D eigenvalue weighted by Crippen LogP contribution is -2.19. The summed E-state index contributed by atoms with van der Waals surface area (Å²) in [5.74, 6) is -0.583. The van der Waals surface area contributed by atoms with Gasteiger partial charge in [-0.05, 0) is 18.2 Å². The Morgan fingerprint density at radius 2 is 2.29 bits per heavy atom. The smallest absolute Gasteiger partial charge is 0.325 e. The first-order valence-electron chi connectivity index (χ1n) is 3.86. The fourth-order valence-corrected chi connectivity index (χ4v) is 0.864. The van der Waals surface area contributed by atoms with Crippen molar-refractivity contribution in [2.75, 3.05) is 6.54 Å².